The van der Waals surface area contributed by atoms with Crippen molar-refractivity contribution in [2.45, 2.75) is 19.9 Å². The first-order valence-corrected chi connectivity index (χ1v) is 11.1. The molecule has 1 fully saturated rings. The number of benzene rings is 2. The normalized spacial score (nSPS) is 17.8. The predicted molar refractivity (Wildman–Crippen MR) is 126 cm³/mol. The second kappa shape index (κ2) is 8.58. The molecule has 32 heavy (non-hydrogen) atoms. The van der Waals surface area contributed by atoms with E-state index in [1.165, 1.54) is 29.4 Å². The number of nitrogens with zero attached hydrogens (tertiary/aromatic N) is 2. The quantitative estimate of drug-likeness (QED) is 0.289. The number of aliphatic hydroxyl groups is 1. The molecule has 0 bridgehead atoms. The van der Waals surface area contributed by atoms with Crippen LogP contribution in [-0.2, 0) is 9.59 Å². The number of aliphatic hydroxyl groups excluding tert-OH is 1. The van der Waals surface area contributed by atoms with Crippen LogP contribution in [0.4, 0.5) is 5.13 Å². The SMILES string of the molecule is COc1ccc(C(O)=C2C(=O)C(=O)N(c3nc(C)c(C)s3)[C@H]2c2cccc(Cl)c2)cc1Cl. The van der Waals surface area contributed by atoms with Gasteiger partial charge in [0, 0.05) is 15.5 Å². The molecule has 1 aliphatic heterocycles. The minimum atomic E-state index is -0.903. The van der Waals surface area contributed by atoms with E-state index < -0.39 is 17.7 Å². The van der Waals surface area contributed by atoms with Gasteiger partial charge in [-0.25, -0.2) is 4.98 Å². The molecule has 1 aromatic heterocycles. The lowest BCUT2D eigenvalue weighted by atomic mass is 9.95. The van der Waals surface area contributed by atoms with Crippen LogP contribution in [-0.4, -0.2) is 28.9 Å². The van der Waals surface area contributed by atoms with Crippen molar-refractivity contribution < 1.29 is 19.4 Å². The number of hydrogen-bond donors (Lipinski definition) is 1. The minimum Gasteiger partial charge on any atom is -0.507 e. The number of carbonyl (C=O) groups is 2. The Hall–Kier alpha value is -2.87. The molecule has 0 unspecified atom stereocenters. The van der Waals surface area contributed by atoms with E-state index >= 15 is 0 Å². The van der Waals surface area contributed by atoms with Crippen molar-refractivity contribution in [2.75, 3.05) is 12.0 Å². The summed E-state index contributed by atoms with van der Waals surface area (Å²) in [6, 6.07) is 10.5. The number of Topliss-reactive ketones (excluding diaryl/α,β-unsaturated/α-hetero) is 1. The number of halogens is 2. The van der Waals surface area contributed by atoms with Crippen LogP contribution in [0.1, 0.15) is 27.7 Å². The standard InChI is InChI=1S/C23H18Cl2N2O4S/c1-11-12(2)32-23(26-11)27-19(13-5-4-6-15(24)9-13)18(21(29)22(27)30)20(28)14-7-8-17(31-3)16(25)10-14/h4-10,19,28H,1-3H3/t19-/m0/s1. The number of ketones is 1. The lowest BCUT2D eigenvalue weighted by Crippen LogP contribution is -2.29. The van der Waals surface area contributed by atoms with Crippen LogP contribution in [0.3, 0.4) is 0 Å². The molecule has 3 aromatic rings. The molecule has 0 aliphatic carbocycles. The molecule has 1 saturated heterocycles. The summed E-state index contributed by atoms with van der Waals surface area (Å²) in [4.78, 5) is 33.0. The maximum absolute atomic E-state index is 13.1. The fourth-order valence-electron chi connectivity index (χ4n) is 3.55. The number of hydrogen-bond acceptors (Lipinski definition) is 6. The highest BCUT2D eigenvalue weighted by Gasteiger charge is 2.48. The van der Waals surface area contributed by atoms with Crippen molar-refractivity contribution in [2.24, 2.45) is 0 Å². The summed E-state index contributed by atoms with van der Waals surface area (Å²) in [5, 5.41) is 12.2. The van der Waals surface area contributed by atoms with Crippen molar-refractivity contribution in [3.05, 3.63) is 79.8 Å². The smallest absolute Gasteiger partial charge is 0.301 e. The van der Waals surface area contributed by atoms with E-state index in [1.54, 1.807) is 36.4 Å². The molecule has 0 saturated carbocycles. The van der Waals surface area contributed by atoms with Gasteiger partial charge in [-0.05, 0) is 49.7 Å². The van der Waals surface area contributed by atoms with Crippen LogP contribution < -0.4 is 9.64 Å². The first-order chi connectivity index (χ1) is 15.2. The molecule has 1 atom stereocenters. The number of anilines is 1. The maximum atomic E-state index is 13.1. The first-order valence-electron chi connectivity index (χ1n) is 9.57. The molecule has 164 valence electrons. The number of ether oxygens (including phenoxy) is 1. The Morgan fingerprint density at radius 2 is 1.91 bits per heavy atom. The van der Waals surface area contributed by atoms with Crippen molar-refractivity contribution in [3.63, 3.8) is 0 Å². The van der Waals surface area contributed by atoms with Crippen LogP contribution in [0.5, 0.6) is 5.75 Å². The average Bonchev–Trinajstić information content (AvgIpc) is 3.23. The summed E-state index contributed by atoms with van der Waals surface area (Å²) in [6.45, 7) is 3.72. The Morgan fingerprint density at radius 3 is 2.50 bits per heavy atom. The molecule has 0 spiro atoms. The van der Waals surface area contributed by atoms with Gasteiger partial charge in [0.25, 0.3) is 5.78 Å². The fourth-order valence-corrected chi connectivity index (χ4v) is 4.94. The molecule has 1 N–H and O–H groups in total. The van der Waals surface area contributed by atoms with Crippen molar-refractivity contribution in [1.82, 2.24) is 4.98 Å². The van der Waals surface area contributed by atoms with E-state index in [0.29, 0.717) is 21.5 Å². The first kappa shape index (κ1) is 22.3. The van der Waals surface area contributed by atoms with E-state index in [0.717, 1.165) is 10.6 Å². The molecule has 4 rings (SSSR count). The monoisotopic (exact) mass is 488 g/mol. The van der Waals surface area contributed by atoms with Crippen molar-refractivity contribution in [3.8, 4) is 5.75 Å². The molecule has 6 nitrogen and oxygen atoms in total. The lowest BCUT2D eigenvalue weighted by Gasteiger charge is -2.23. The summed E-state index contributed by atoms with van der Waals surface area (Å²) < 4.78 is 5.15. The van der Waals surface area contributed by atoms with E-state index in [9.17, 15) is 14.7 Å². The van der Waals surface area contributed by atoms with Gasteiger partial charge < -0.3 is 9.84 Å². The van der Waals surface area contributed by atoms with E-state index in [4.69, 9.17) is 27.9 Å². The highest BCUT2D eigenvalue weighted by molar-refractivity contribution is 7.16. The maximum Gasteiger partial charge on any atom is 0.301 e. The number of rotatable bonds is 4. The number of amides is 1. The van der Waals surface area contributed by atoms with Gasteiger partial charge in [-0.1, -0.05) is 35.3 Å². The van der Waals surface area contributed by atoms with Gasteiger partial charge in [0.15, 0.2) is 5.13 Å². The topological polar surface area (TPSA) is 79.7 Å². The number of thiazole rings is 1. The fraction of sp³-hybridized carbons (Fsp3) is 0.174. The van der Waals surface area contributed by atoms with Crippen LogP contribution in [0, 0.1) is 13.8 Å². The molecule has 0 radical (unpaired) electrons. The zero-order valence-electron chi connectivity index (χ0n) is 17.3. The Morgan fingerprint density at radius 1 is 1.16 bits per heavy atom. The molecule has 2 aromatic carbocycles. The number of aromatic nitrogens is 1. The lowest BCUT2D eigenvalue weighted by molar-refractivity contribution is -0.132. The highest BCUT2D eigenvalue weighted by atomic mass is 35.5. The minimum absolute atomic E-state index is 0.0657. The summed E-state index contributed by atoms with van der Waals surface area (Å²) in [5.41, 5.74) is 1.55. The van der Waals surface area contributed by atoms with Gasteiger partial charge in [0.1, 0.15) is 11.5 Å². The molecule has 1 amide bonds. The Labute approximate surface area is 198 Å². The largest absolute Gasteiger partial charge is 0.507 e. The summed E-state index contributed by atoms with van der Waals surface area (Å²) in [6.07, 6.45) is 0. The van der Waals surface area contributed by atoms with Gasteiger partial charge in [-0.3, -0.25) is 14.5 Å². The third-order valence-electron chi connectivity index (χ3n) is 5.26. The van der Waals surface area contributed by atoms with Gasteiger partial charge >= 0.3 is 5.91 Å². The molecule has 2 heterocycles. The Balaban J connectivity index is 1.95. The summed E-state index contributed by atoms with van der Waals surface area (Å²) in [5.74, 6) is -1.51. The van der Waals surface area contributed by atoms with Crippen LogP contribution in [0.2, 0.25) is 10.0 Å². The van der Waals surface area contributed by atoms with Crippen LogP contribution >= 0.6 is 34.5 Å². The molecular formula is C23H18Cl2N2O4S. The second-order valence-electron chi connectivity index (χ2n) is 7.21. The van der Waals surface area contributed by atoms with E-state index in [2.05, 4.69) is 4.98 Å². The third kappa shape index (κ3) is 3.77. The number of methoxy groups -OCH3 is 1. The molecule has 1 aliphatic rings. The zero-order chi connectivity index (χ0) is 23.2. The van der Waals surface area contributed by atoms with Crippen molar-refractivity contribution in [1.29, 1.82) is 0 Å². The Kier molecular flexibility index (Phi) is 5.99. The predicted octanol–water partition coefficient (Wildman–Crippen LogP) is 5.70. The van der Waals surface area contributed by atoms with E-state index in [1.807, 2.05) is 13.8 Å². The Bertz CT molecular complexity index is 1270. The summed E-state index contributed by atoms with van der Waals surface area (Å²) in [7, 11) is 1.48. The summed E-state index contributed by atoms with van der Waals surface area (Å²) >= 11 is 13.7. The average molecular weight is 489 g/mol. The van der Waals surface area contributed by atoms with Gasteiger partial charge in [-0.2, -0.15) is 0 Å². The highest BCUT2D eigenvalue weighted by Crippen LogP contribution is 2.44. The van der Waals surface area contributed by atoms with Crippen LogP contribution in [0.15, 0.2) is 48.0 Å². The second-order valence-corrected chi connectivity index (χ2v) is 9.24. The van der Waals surface area contributed by atoms with Gasteiger partial charge in [0.2, 0.25) is 0 Å². The number of aryl methyl sites for hydroxylation is 2. The van der Waals surface area contributed by atoms with E-state index in [-0.39, 0.29) is 21.9 Å². The zero-order valence-corrected chi connectivity index (χ0v) is 19.7. The van der Waals surface area contributed by atoms with Gasteiger partial charge in [0.05, 0.1) is 29.4 Å². The molecule has 9 heteroatoms. The number of carbonyl (C=O) groups excluding carboxylic acids is 2. The van der Waals surface area contributed by atoms with Crippen LogP contribution in [0.25, 0.3) is 5.76 Å². The van der Waals surface area contributed by atoms with Gasteiger partial charge in [-0.15, -0.1) is 11.3 Å². The molecular weight excluding hydrogens is 471 g/mol. The third-order valence-corrected chi connectivity index (χ3v) is 6.86. The van der Waals surface area contributed by atoms with Crippen molar-refractivity contribution >= 4 is 57.1 Å².